The maximum Gasteiger partial charge on any atom is 0.240 e. The zero-order chi connectivity index (χ0) is 24.1. The van der Waals surface area contributed by atoms with E-state index >= 15 is 0 Å². The van der Waals surface area contributed by atoms with Gasteiger partial charge in [-0.3, -0.25) is 5.10 Å². The number of hydrogen-bond donors (Lipinski definition) is 1. The first-order valence-corrected chi connectivity index (χ1v) is 12.4. The SMILES string of the molecule is COc1ccc(-c2cc(Oc3ncnc4cc(OCCCS(C)(=O)=O)c(OC)cc34)n[nH]2)cc1. The Kier molecular flexibility index (Phi) is 6.82. The Labute approximate surface area is 196 Å². The molecule has 0 bridgehead atoms. The molecule has 2 heterocycles. The van der Waals surface area contributed by atoms with Crippen LogP contribution in [0.5, 0.6) is 29.0 Å². The lowest BCUT2D eigenvalue weighted by Crippen LogP contribution is -2.08. The molecule has 4 aromatic rings. The highest BCUT2D eigenvalue weighted by atomic mass is 32.2. The van der Waals surface area contributed by atoms with Crippen LogP contribution in [0.25, 0.3) is 22.2 Å². The summed E-state index contributed by atoms with van der Waals surface area (Å²) in [7, 11) is 0.0888. The van der Waals surface area contributed by atoms with Gasteiger partial charge < -0.3 is 18.9 Å². The Balaban J connectivity index is 1.54. The summed E-state index contributed by atoms with van der Waals surface area (Å²) in [6, 6.07) is 12.7. The molecule has 34 heavy (non-hydrogen) atoms. The highest BCUT2D eigenvalue weighted by Gasteiger charge is 2.15. The van der Waals surface area contributed by atoms with Crippen LogP contribution in [0, 0.1) is 0 Å². The van der Waals surface area contributed by atoms with Crippen molar-refractivity contribution in [3.05, 3.63) is 48.8 Å². The summed E-state index contributed by atoms with van der Waals surface area (Å²) in [4.78, 5) is 8.54. The number of benzene rings is 2. The number of ether oxygens (including phenoxy) is 4. The molecule has 0 unspecified atom stereocenters. The first-order chi connectivity index (χ1) is 16.4. The van der Waals surface area contributed by atoms with Crippen molar-refractivity contribution in [1.82, 2.24) is 20.2 Å². The van der Waals surface area contributed by atoms with Gasteiger partial charge >= 0.3 is 0 Å². The van der Waals surface area contributed by atoms with Crippen molar-refractivity contribution in [2.75, 3.05) is 32.8 Å². The third kappa shape index (κ3) is 5.54. The summed E-state index contributed by atoms with van der Waals surface area (Å²) in [6.45, 7) is 0.227. The van der Waals surface area contributed by atoms with Gasteiger partial charge in [-0.25, -0.2) is 18.4 Å². The van der Waals surface area contributed by atoms with Crippen LogP contribution in [-0.4, -0.2) is 61.4 Å². The van der Waals surface area contributed by atoms with Gasteiger partial charge in [0.05, 0.1) is 43.2 Å². The number of methoxy groups -OCH3 is 2. The van der Waals surface area contributed by atoms with Gasteiger partial charge in [0.15, 0.2) is 11.5 Å². The summed E-state index contributed by atoms with van der Waals surface area (Å²) in [5, 5.41) is 7.78. The normalized spacial score (nSPS) is 11.4. The Bertz CT molecular complexity index is 1390. The summed E-state index contributed by atoms with van der Waals surface area (Å²) in [5.41, 5.74) is 2.28. The molecule has 0 saturated heterocycles. The van der Waals surface area contributed by atoms with Gasteiger partial charge in [-0.1, -0.05) is 0 Å². The van der Waals surface area contributed by atoms with Crippen LogP contribution < -0.4 is 18.9 Å². The Morgan fingerprint density at radius 2 is 1.76 bits per heavy atom. The minimum absolute atomic E-state index is 0.0469. The van der Waals surface area contributed by atoms with E-state index < -0.39 is 9.84 Å². The maximum atomic E-state index is 11.3. The highest BCUT2D eigenvalue weighted by Crippen LogP contribution is 2.36. The van der Waals surface area contributed by atoms with Crippen LogP contribution in [-0.2, 0) is 9.84 Å². The molecule has 0 spiro atoms. The zero-order valence-electron chi connectivity index (χ0n) is 18.9. The van der Waals surface area contributed by atoms with E-state index in [1.54, 1.807) is 25.3 Å². The topological polar surface area (TPSA) is 126 Å². The molecule has 0 aliphatic rings. The molecule has 178 valence electrons. The van der Waals surface area contributed by atoms with Crippen LogP contribution in [0.15, 0.2) is 48.8 Å². The van der Waals surface area contributed by atoms with E-state index in [-0.39, 0.29) is 12.4 Å². The lowest BCUT2D eigenvalue weighted by atomic mass is 10.1. The van der Waals surface area contributed by atoms with Crippen molar-refractivity contribution in [1.29, 1.82) is 0 Å². The molecular weight excluding hydrogens is 460 g/mol. The van der Waals surface area contributed by atoms with Gasteiger partial charge in [0, 0.05) is 18.4 Å². The Morgan fingerprint density at radius 3 is 2.47 bits per heavy atom. The summed E-state index contributed by atoms with van der Waals surface area (Å²) in [6.07, 6.45) is 2.95. The van der Waals surface area contributed by atoms with Gasteiger partial charge in [0.1, 0.15) is 21.9 Å². The van der Waals surface area contributed by atoms with Crippen LogP contribution in [0.2, 0.25) is 0 Å². The van der Waals surface area contributed by atoms with Crippen LogP contribution >= 0.6 is 0 Å². The molecule has 2 aromatic carbocycles. The molecule has 10 nitrogen and oxygen atoms in total. The quantitative estimate of drug-likeness (QED) is 0.336. The second-order valence-corrected chi connectivity index (χ2v) is 9.74. The van der Waals surface area contributed by atoms with E-state index in [0.29, 0.717) is 40.6 Å². The number of rotatable bonds is 10. The number of sulfone groups is 1. The molecule has 11 heteroatoms. The van der Waals surface area contributed by atoms with Crippen LogP contribution in [0.4, 0.5) is 0 Å². The molecule has 1 N–H and O–H groups in total. The van der Waals surface area contributed by atoms with E-state index in [2.05, 4.69) is 20.2 Å². The molecule has 0 amide bonds. The van der Waals surface area contributed by atoms with Crippen molar-refractivity contribution in [2.24, 2.45) is 0 Å². The smallest absolute Gasteiger partial charge is 0.240 e. The molecule has 0 fully saturated rings. The maximum absolute atomic E-state index is 11.3. The fraction of sp³-hybridized carbons (Fsp3) is 0.261. The van der Waals surface area contributed by atoms with Gasteiger partial charge in [-0.05, 0) is 42.3 Å². The Hall–Kier alpha value is -3.86. The van der Waals surface area contributed by atoms with Crippen molar-refractivity contribution in [2.45, 2.75) is 6.42 Å². The average Bonchev–Trinajstić information content (AvgIpc) is 3.29. The number of fused-ring (bicyclic) bond motifs is 1. The fourth-order valence-corrected chi connectivity index (χ4v) is 3.91. The molecule has 2 aromatic heterocycles. The number of aromatic amines is 1. The van der Waals surface area contributed by atoms with Gasteiger partial charge in [-0.15, -0.1) is 5.10 Å². The second-order valence-electron chi connectivity index (χ2n) is 7.48. The average molecular weight is 485 g/mol. The first-order valence-electron chi connectivity index (χ1n) is 10.4. The monoisotopic (exact) mass is 484 g/mol. The highest BCUT2D eigenvalue weighted by molar-refractivity contribution is 7.90. The zero-order valence-corrected chi connectivity index (χ0v) is 19.8. The Morgan fingerprint density at radius 1 is 0.971 bits per heavy atom. The molecule has 0 radical (unpaired) electrons. The van der Waals surface area contributed by atoms with E-state index in [0.717, 1.165) is 17.0 Å². The van der Waals surface area contributed by atoms with E-state index in [4.69, 9.17) is 18.9 Å². The lowest BCUT2D eigenvalue weighted by molar-refractivity contribution is 0.295. The number of aromatic nitrogens is 4. The molecule has 0 aliphatic carbocycles. The third-order valence-electron chi connectivity index (χ3n) is 4.96. The van der Waals surface area contributed by atoms with Gasteiger partial charge in [0.25, 0.3) is 0 Å². The van der Waals surface area contributed by atoms with Crippen molar-refractivity contribution in [3.8, 4) is 40.3 Å². The predicted molar refractivity (Wildman–Crippen MR) is 127 cm³/mol. The molecule has 0 aliphatic heterocycles. The molecule has 4 rings (SSSR count). The lowest BCUT2D eigenvalue weighted by Gasteiger charge is -2.12. The largest absolute Gasteiger partial charge is 0.497 e. The fourth-order valence-electron chi connectivity index (χ4n) is 3.27. The van der Waals surface area contributed by atoms with Gasteiger partial charge in [-0.2, -0.15) is 0 Å². The standard InChI is InChI=1S/C23H24N4O6S/c1-30-16-7-5-15(6-8-16)18-13-22(27-26-18)33-23-17-11-20(31-2)21(12-19(17)24-14-25-23)32-9-4-10-34(3,28)29/h5-8,11-14H,4,9-10H2,1-3H3,(H,26,27). The number of H-pyrrole nitrogens is 1. The van der Waals surface area contributed by atoms with E-state index in [1.165, 1.54) is 19.7 Å². The number of nitrogens with zero attached hydrogens (tertiary/aromatic N) is 3. The summed E-state index contributed by atoms with van der Waals surface area (Å²) < 4.78 is 44.9. The minimum atomic E-state index is -3.05. The first kappa shape index (κ1) is 23.3. The van der Waals surface area contributed by atoms with Crippen molar-refractivity contribution < 1.29 is 27.4 Å². The van der Waals surface area contributed by atoms with E-state index in [9.17, 15) is 8.42 Å². The molecular formula is C23H24N4O6S. The summed E-state index contributed by atoms with van der Waals surface area (Å²) >= 11 is 0. The molecule has 0 atom stereocenters. The van der Waals surface area contributed by atoms with Crippen LogP contribution in [0.3, 0.4) is 0 Å². The van der Waals surface area contributed by atoms with Crippen LogP contribution in [0.1, 0.15) is 6.42 Å². The predicted octanol–water partition coefficient (Wildman–Crippen LogP) is 3.64. The van der Waals surface area contributed by atoms with Crippen molar-refractivity contribution in [3.63, 3.8) is 0 Å². The molecule has 0 saturated carbocycles. The second kappa shape index (κ2) is 9.96. The number of hydrogen-bond acceptors (Lipinski definition) is 9. The van der Waals surface area contributed by atoms with Gasteiger partial charge in [0.2, 0.25) is 11.8 Å². The van der Waals surface area contributed by atoms with E-state index in [1.807, 2.05) is 24.3 Å². The third-order valence-corrected chi connectivity index (χ3v) is 5.99. The minimum Gasteiger partial charge on any atom is -0.497 e. The summed E-state index contributed by atoms with van der Waals surface area (Å²) in [5.74, 6) is 2.36. The van der Waals surface area contributed by atoms with Crippen molar-refractivity contribution >= 4 is 20.7 Å². The number of nitrogens with one attached hydrogen (secondary N) is 1.